The molecule has 0 unspecified atom stereocenters. The number of nitrogens with zero attached hydrogens (tertiary/aromatic N) is 2. The predicted molar refractivity (Wildman–Crippen MR) is 126 cm³/mol. The van der Waals surface area contributed by atoms with Gasteiger partial charge in [0, 0.05) is 25.5 Å². The predicted octanol–water partition coefficient (Wildman–Crippen LogP) is 2.68. The fraction of sp³-hybridized carbons (Fsp3) is 0.348. The summed E-state index contributed by atoms with van der Waals surface area (Å²) >= 11 is 0. The van der Waals surface area contributed by atoms with E-state index in [4.69, 9.17) is 15.2 Å². The van der Waals surface area contributed by atoms with Gasteiger partial charge in [0.15, 0.2) is 0 Å². The molecule has 0 saturated heterocycles. The van der Waals surface area contributed by atoms with Gasteiger partial charge in [-0.2, -0.15) is 4.31 Å². The lowest BCUT2D eigenvalue weighted by molar-refractivity contribution is 0.223. The van der Waals surface area contributed by atoms with Gasteiger partial charge in [0.1, 0.15) is 16.4 Å². The van der Waals surface area contributed by atoms with Crippen molar-refractivity contribution in [2.45, 2.75) is 32.5 Å². The Balaban J connectivity index is 2.41. The number of ether oxygens (including phenoxy) is 2. The Morgan fingerprint density at radius 2 is 1.44 bits per heavy atom. The number of nitrogens with two attached hydrogens (primary N) is 1. The lowest BCUT2D eigenvalue weighted by Gasteiger charge is -2.23. The highest BCUT2D eigenvalue weighted by atomic mass is 32.2. The van der Waals surface area contributed by atoms with E-state index < -0.39 is 15.6 Å². The molecule has 0 radical (unpaired) electrons. The van der Waals surface area contributed by atoms with E-state index in [-0.39, 0.29) is 24.6 Å². The van der Waals surface area contributed by atoms with Crippen LogP contribution in [0.1, 0.15) is 25.0 Å². The number of rotatable bonds is 11. The Kier molecular flexibility index (Phi) is 8.82. The van der Waals surface area contributed by atoms with E-state index in [1.807, 2.05) is 24.3 Å². The topological polar surface area (TPSA) is 114 Å². The van der Waals surface area contributed by atoms with E-state index in [9.17, 15) is 13.5 Å². The molecule has 0 heterocycles. The van der Waals surface area contributed by atoms with E-state index in [1.165, 1.54) is 10.5 Å². The van der Waals surface area contributed by atoms with Gasteiger partial charge in [-0.15, -0.1) is 0 Å². The number of benzene rings is 2. The Morgan fingerprint density at radius 1 is 1.00 bits per heavy atom. The molecule has 2 rings (SSSR count). The molecule has 0 bridgehead atoms. The quantitative estimate of drug-likeness (QED) is 0.497. The van der Waals surface area contributed by atoms with Gasteiger partial charge in [0.2, 0.25) is 10.0 Å². The molecule has 0 atom stereocenters. The van der Waals surface area contributed by atoms with Gasteiger partial charge in [-0.3, -0.25) is 4.99 Å². The standard InChI is InChI=1S/C23H31N3O5S/c1-23(2,17-27)25-14-22(13-24)32(28,29)26(15-18-5-9-20(30-3)10-6-18)16-19-7-11-21(31-4)12-8-19/h5-14,27H,15-17,24H2,1-4H3. The lowest BCUT2D eigenvalue weighted by atomic mass is 10.1. The van der Waals surface area contributed by atoms with E-state index in [1.54, 1.807) is 52.3 Å². The average Bonchev–Trinajstić information content (AvgIpc) is 2.79. The lowest BCUT2D eigenvalue weighted by Crippen LogP contribution is -2.32. The highest BCUT2D eigenvalue weighted by molar-refractivity contribution is 7.93. The highest BCUT2D eigenvalue weighted by Gasteiger charge is 2.27. The summed E-state index contributed by atoms with van der Waals surface area (Å²) in [6, 6.07) is 14.3. The summed E-state index contributed by atoms with van der Waals surface area (Å²) in [5.74, 6) is 1.36. The largest absolute Gasteiger partial charge is 0.497 e. The molecule has 0 fully saturated rings. The molecule has 0 aliphatic carbocycles. The van der Waals surface area contributed by atoms with Crippen LogP contribution in [0.15, 0.2) is 64.6 Å². The molecular formula is C23H31N3O5S. The molecule has 0 aliphatic heterocycles. The van der Waals surface area contributed by atoms with E-state index in [0.29, 0.717) is 11.5 Å². The van der Waals surface area contributed by atoms with Crippen LogP contribution in [0.25, 0.3) is 0 Å². The van der Waals surface area contributed by atoms with Crippen LogP contribution in [-0.4, -0.2) is 50.4 Å². The number of aliphatic hydroxyl groups excluding tert-OH is 1. The third-order valence-corrected chi connectivity index (χ3v) is 6.54. The second-order valence-electron chi connectivity index (χ2n) is 7.77. The maximum absolute atomic E-state index is 13.5. The number of hydrogen-bond acceptors (Lipinski definition) is 7. The van der Waals surface area contributed by atoms with Crippen LogP contribution in [0.5, 0.6) is 11.5 Å². The maximum atomic E-state index is 13.5. The zero-order valence-electron chi connectivity index (χ0n) is 18.9. The minimum atomic E-state index is -4.00. The number of hydrogen-bond donors (Lipinski definition) is 2. The zero-order chi connectivity index (χ0) is 23.8. The highest BCUT2D eigenvalue weighted by Crippen LogP contribution is 2.22. The number of sulfonamides is 1. The van der Waals surface area contributed by atoms with E-state index >= 15 is 0 Å². The Labute approximate surface area is 190 Å². The number of aliphatic imine (C=N–C) groups is 1. The summed E-state index contributed by atoms with van der Waals surface area (Å²) in [6.45, 7) is 3.39. The minimum absolute atomic E-state index is 0.118. The van der Waals surface area contributed by atoms with Crippen molar-refractivity contribution in [1.29, 1.82) is 0 Å². The van der Waals surface area contributed by atoms with Crippen molar-refractivity contribution in [3.63, 3.8) is 0 Å². The molecule has 0 saturated carbocycles. The third kappa shape index (κ3) is 6.81. The van der Waals surface area contributed by atoms with Gasteiger partial charge in [-0.25, -0.2) is 8.42 Å². The molecule has 0 amide bonds. The Bertz CT molecular complexity index is 981. The van der Waals surface area contributed by atoms with Gasteiger partial charge in [0.05, 0.1) is 26.4 Å². The van der Waals surface area contributed by atoms with Crippen LogP contribution in [0.2, 0.25) is 0 Å². The van der Waals surface area contributed by atoms with Gasteiger partial charge < -0.3 is 20.3 Å². The van der Waals surface area contributed by atoms with Gasteiger partial charge in [-0.05, 0) is 49.2 Å². The minimum Gasteiger partial charge on any atom is -0.497 e. The first kappa shape index (κ1) is 25.4. The van der Waals surface area contributed by atoms with Crippen molar-refractivity contribution >= 4 is 16.2 Å². The first-order valence-electron chi connectivity index (χ1n) is 9.99. The Morgan fingerprint density at radius 3 is 1.78 bits per heavy atom. The maximum Gasteiger partial charge on any atom is 0.246 e. The number of methoxy groups -OCH3 is 2. The molecule has 174 valence electrons. The van der Waals surface area contributed by atoms with Gasteiger partial charge in [0.25, 0.3) is 0 Å². The SMILES string of the molecule is COc1ccc(CN(Cc2ccc(OC)cc2)S(=O)(=O)C(C=NC(C)(C)CO)=CN)cc1. The Hall–Kier alpha value is -2.88. The van der Waals surface area contributed by atoms with Crippen LogP contribution in [-0.2, 0) is 23.1 Å². The molecule has 0 spiro atoms. The number of aliphatic hydroxyl groups is 1. The summed E-state index contributed by atoms with van der Waals surface area (Å²) in [5.41, 5.74) is 6.41. The molecule has 2 aromatic rings. The molecule has 2 aromatic carbocycles. The van der Waals surface area contributed by atoms with Crippen molar-refractivity contribution in [1.82, 2.24) is 4.31 Å². The fourth-order valence-electron chi connectivity index (χ4n) is 2.72. The summed E-state index contributed by atoms with van der Waals surface area (Å²) in [6.07, 6.45) is 2.21. The normalized spacial score (nSPS) is 13.0. The molecule has 0 aromatic heterocycles. The van der Waals surface area contributed by atoms with Crippen LogP contribution in [0.4, 0.5) is 0 Å². The van der Waals surface area contributed by atoms with Crippen LogP contribution in [0, 0.1) is 0 Å². The van der Waals surface area contributed by atoms with Crippen LogP contribution < -0.4 is 15.2 Å². The fourth-order valence-corrected chi connectivity index (χ4v) is 4.01. The zero-order valence-corrected chi connectivity index (χ0v) is 19.7. The first-order valence-corrected chi connectivity index (χ1v) is 11.4. The van der Waals surface area contributed by atoms with Crippen molar-refractivity contribution in [2.75, 3.05) is 20.8 Å². The molecule has 0 aliphatic rings. The van der Waals surface area contributed by atoms with E-state index in [2.05, 4.69) is 4.99 Å². The van der Waals surface area contributed by atoms with Gasteiger partial charge in [-0.1, -0.05) is 24.3 Å². The first-order chi connectivity index (χ1) is 15.1. The van der Waals surface area contributed by atoms with Crippen molar-refractivity contribution in [3.05, 3.63) is 70.8 Å². The number of allylic oxidation sites excluding steroid dienone is 1. The second-order valence-corrected chi connectivity index (χ2v) is 9.70. The summed E-state index contributed by atoms with van der Waals surface area (Å²) in [4.78, 5) is 4.04. The molecule has 9 heteroatoms. The third-order valence-electron chi connectivity index (χ3n) is 4.77. The average molecular weight is 462 g/mol. The van der Waals surface area contributed by atoms with Gasteiger partial charge >= 0.3 is 0 Å². The van der Waals surface area contributed by atoms with E-state index in [0.717, 1.165) is 17.3 Å². The second kappa shape index (κ2) is 11.1. The molecule has 8 nitrogen and oxygen atoms in total. The van der Waals surface area contributed by atoms with Crippen molar-refractivity contribution in [2.24, 2.45) is 10.7 Å². The monoisotopic (exact) mass is 461 g/mol. The van der Waals surface area contributed by atoms with Crippen molar-refractivity contribution < 1.29 is 23.0 Å². The van der Waals surface area contributed by atoms with Crippen LogP contribution >= 0.6 is 0 Å². The molecule has 3 N–H and O–H groups in total. The summed E-state index contributed by atoms with van der Waals surface area (Å²) in [7, 11) is -0.855. The van der Waals surface area contributed by atoms with Crippen molar-refractivity contribution in [3.8, 4) is 11.5 Å². The van der Waals surface area contributed by atoms with Crippen LogP contribution in [0.3, 0.4) is 0 Å². The smallest absolute Gasteiger partial charge is 0.246 e. The molecule has 32 heavy (non-hydrogen) atoms. The summed E-state index contributed by atoms with van der Waals surface area (Å²) < 4.78 is 38.7. The summed E-state index contributed by atoms with van der Waals surface area (Å²) in [5, 5.41) is 9.42. The molecular weight excluding hydrogens is 430 g/mol.